The molecular weight excluding hydrogens is 417 g/mol. The van der Waals surface area contributed by atoms with E-state index in [0.29, 0.717) is 12.0 Å². The first kappa shape index (κ1) is 19.9. The molecule has 0 unspecified atom stereocenters. The minimum atomic E-state index is -3.26. The average molecular weight is 440 g/mol. The Morgan fingerprint density at radius 1 is 1.16 bits per heavy atom. The molecule has 31 heavy (non-hydrogen) atoms. The predicted octanol–water partition coefficient (Wildman–Crippen LogP) is 3.25. The Hall–Kier alpha value is -3.00. The van der Waals surface area contributed by atoms with E-state index in [2.05, 4.69) is 5.10 Å². The average Bonchev–Trinajstić information content (AvgIpc) is 3.29. The van der Waals surface area contributed by atoms with Crippen molar-refractivity contribution in [2.45, 2.75) is 42.7 Å². The van der Waals surface area contributed by atoms with Crippen molar-refractivity contribution in [1.29, 1.82) is 0 Å². The number of carbonyl (C=O) groups is 1. The van der Waals surface area contributed by atoms with Crippen molar-refractivity contribution in [2.24, 2.45) is 0 Å². The predicted molar refractivity (Wildman–Crippen MR) is 113 cm³/mol. The number of nitrogens with zero attached hydrogens (tertiary/aromatic N) is 3. The van der Waals surface area contributed by atoms with Gasteiger partial charge in [-0.2, -0.15) is 5.10 Å². The van der Waals surface area contributed by atoms with Gasteiger partial charge in [-0.3, -0.25) is 4.79 Å². The van der Waals surface area contributed by atoms with Gasteiger partial charge in [0.25, 0.3) is 0 Å². The number of fused-ring (bicyclic) bond motifs is 4. The number of carbonyl (C=O) groups excluding carboxylic acids is 1. The smallest absolute Gasteiger partial charge is 0.227 e. The highest BCUT2D eigenvalue weighted by atomic mass is 32.2. The summed E-state index contributed by atoms with van der Waals surface area (Å²) in [5, 5.41) is 4.55. The Kier molecular flexibility index (Phi) is 4.69. The first-order valence-corrected chi connectivity index (χ1v) is 12.1. The van der Waals surface area contributed by atoms with E-state index in [1.54, 1.807) is 36.4 Å². The summed E-state index contributed by atoms with van der Waals surface area (Å²) in [7, 11) is -3.26. The van der Waals surface area contributed by atoms with Crippen LogP contribution in [0.3, 0.4) is 0 Å². The largest absolute Gasteiger partial charge is 0.332 e. The van der Waals surface area contributed by atoms with Crippen LogP contribution in [0.2, 0.25) is 0 Å². The quantitative estimate of drug-likeness (QED) is 0.626. The Balaban J connectivity index is 1.42. The zero-order valence-electron chi connectivity index (χ0n) is 17.0. The number of sulfone groups is 1. The van der Waals surface area contributed by atoms with E-state index < -0.39 is 9.84 Å². The van der Waals surface area contributed by atoms with E-state index >= 15 is 0 Å². The number of hydrogen-bond acceptors (Lipinski definition) is 4. The van der Waals surface area contributed by atoms with Crippen LogP contribution >= 0.6 is 0 Å². The van der Waals surface area contributed by atoms with Gasteiger partial charge in [0.15, 0.2) is 9.84 Å². The molecule has 6 nitrogen and oxygen atoms in total. The third-order valence-corrected chi connectivity index (χ3v) is 7.36. The normalized spacial score (nSPS) is 20.0. The standard InChI is InChI=1S/C23H22FN3O3S/c1-31(29,30)19-8-5-17(6-9-19)27-22-13-18-7-10-21(20(22)14-25-27)26(18)23(28)12-15-3-2-4-16(24)11-15/h2-6,8-9,11,14,18,21H,7,10,12-13H2,1H3/t18-,21-/m0/s1. The van der Waals surface area contributed by atoms with Crippen LogP contribution in [0, 0.1) is 5.82 Å². The second-order valence-electron chi connectivity index (χ2n) is 8.28. The summed E-state index contributed by atoms with van der Waals surface area (Å²) in [6.45, 7) is 0. The Morgan fingerprint density at radius 2 is 1.94 bits per heavy atom. The van der Waals surface area contributed by atoms with Crippen LogP contribution in [0.5, 0.6) is 0 Å². The van der Waals surface area contributed by atoms with Gasteiger partial charge in [-0.05, 0) is 54.8 Å². The summed E-state index contributed by atoms with van der Waals surface area (Å²) in [4.78, 5) is 15.3. The van der Waals surface area contributed by atoms with Gasteiger partial charge >= 0.3 is 0 Å². The molecule has 1 saturated heterocycles. The molecule has 2 atom stereocenters. The molecule has 0 radical (unpaired) electrons. The molecule has 1 amide bonds. The van der Waals surface area contributed by atoms with E-state index in [1.807, 2.05) is 15.8 Å². The second kappa shape index (κ2) is 7.30. The van der Waals surface area contributed by atoms with Crippen LogP contribution in [0.4, 0.5) is 4.39 Å². The summed E-state index contributed by atoms with van der Waals surface area (Å²) in [6.07, 6.45) is 5.67. The summed E-state index contributed by atoms with van der Waals surface area (Å²) >= 11 is 0. The lowest BCUT2D eigenvalue weighted by atomic mass is 9.98. The Labute approximate surface area is 180 Å². The molecular formula is C23H22FN3O3S. The first-order valence-electron chi connectivity index (χ1n) is 10.2. The molecule has 160 valence electrons. The molecule has 8 heteroatoms. The number of amides is 1. The van der Waals surface area contributed by atoms with Crippen LogP contribution in [0.25, 0.3) is 5.69 Å². The maximum absolute atomic E-state index is 13.5. The maximum atomic E-state index is 13.5. The molecule has 2 aliphatic rings. The third kappa shape index (κ3) is 3.54. The minimum Gasteiger partial charge on any atom is -0.332 e. The van der Waals surface area contributed by atoms with Gasteiger partial charge in [-0.1, -0.05) is 12.1 Å². The summed E-state index contributed by atoms with van der Waals surface area (Å²) in [5.41, 5.74) is 3.58. The van der Waals surface area contributed by atoms with E-state index in [-0.39, 0.29) is 35.1 Å². The van der Waals surface area contributed by atoms with Crippen LogP contribution in [0.15, 0.2) is 59.6 Å². The van der Waals surface area contributed by atoms with Crippen molar-refractivity contribution in [3.05, 3.63) is 77.4 Å². The SMILES string of the molecule is CS(=O)(=O)c1ccc(-n2ncc3c2C[C@@H]2CC[C@@H]3N2C(=O)Cc2cccc(F)c2)cc1. The van der Waals surface area contributed by atoms with Crippen LogP contribution < -0.4 is 0 Å². The van der Waals surface area contributed by atoms with E-state index in [9.17, 15) is 17.6 Å². The molecule has 2 aromatic carbocycles. The number of hydrogen-bond donors (Lipinski definition) is 0. The minimum absolute atomic E-state index is 0.00834. The van der Waals surface area contributed by atoms with Gasteiger partial charge in [0.1, 0.15) is 5.82 Å². The molecule has 3 heterocycles. The Morgan fingerprint density at radius 3 is 2.65 bits per heavy atom. The molecule has 5 rings (SSSR count). The van der Waals surface area contributed by atoms with Crippen molar-refractivity contribution >= 4 is 15.7 Å². The highest BCUT2D eigenvalue weighted by molar-refractivity contribution is 7.90. The van der Waals surface area contributed by atoms with Gasteiger partial charge in [-0.25, -0.2) is 17.5 Å². The molecule has 0 saturated carbocycles. The fraction of sp³-hybridized carbons (Fsp3) is 0.304. The lowest BCUT2D eigenvalue weighted by Crippen LogP contribution is -2.42. The van der Waals surface area contributed by atoms with Gasteiger partial charge in [-0.15, -0.1) is 0 Å². The summed E-state index contributed by atoms with van der Waals surface area (Å²) in [6, 6.07) is 12.9. The number of rotatable bonds is 4. The molecule has 0 spiro atoms. The van der Waals surface area contributed by atoms with E-state index in [0.717, 1.165) is 29.8 Å². The van der Waals surface area contributed by atoms with Gasteiger partial charge in [0.2, 0.25) is 5.91 Å². The van der Waals surface area contributed by atoms with Crippen LogP contribution in [-0.4, -0.2) is 41.3 Å². The maximum Gasteiger partial charge on any atom is 0.227 e. The van der Waals surface area contributed by atoms with Crippen molar-refractivity contribution in [2.75, 3.05) is 6.26 Å². The number of halogens is 1. The molecule has 2 bridgehead atoms. The van der Waals surface area contributed by atoms with Crippen molar-refractivity contribution in [3.8, 4) is 5.69 Å². The van der Waals surface area contributed by atoms with E-state index in [1.165, 1.54) is 18.4 Å². The van der Waals surface area contributed by atoms with Crippen molar-refractivity contribution in [1.82, 2.24) is 14.7 Å². The van der Waals surface area contributed by atoms with Crippen LogP contribution in [-0.2, 0) is 27.5 Å². The lowest BCUT2D eigenvalue weighted by Gasteiger charge is -2.35. The second-order valence-corrected chi connectivity index (χ2v) is 10.3. The highest BCUT2D eigenvalue weighted by Crippen LogP contribution is 2.44. The van der Waals surface area contributed by atoms with Gasteiger partial charge < -0.3 is 4.90 Å². The topological polar surface area (TPSA) is 72.3 Å². The van der Waals surface area contributed by atoms with Crippen LogP contribution in [0.1, 0.15) is 35.7 Å². The molecule has 1 aromatic heterocycles. The van der Waals surface area contributed by atoms with Crippen molar-refractivity contribution in [3.63, 3.8) is 0 Å². The summed E-state index contributed by atoms with van der Waals surface area (Å²) < 4.78 is 38.8. The molecule has 0 aliphatic carbocycles. The number of benzene rings is 2. The van der Waals surface area contributed by atoms with Gasteiger partial charge in [0, 0.05) is 24.3 Å². The molecule has 3 aromatic rings. The monoisotopic (exact) mass is 439 g/mol. The summed E-state index contributed by atoms with van der Waals surface area (Å²) in [5.74, 6) is -0.327. The zero-order valence-corrected chi connectivity index (χ0v) is 17.8. The zero-order chi connectivity index (χ0) is 21.8. The molecule has 1 fully saturated rings. The molecule has 2 aliphatic heterocycles. The first-order chi connectivity index (χ1) is 14.8. The molecule has 0 N–H and O–H groups in total. The Bertz CT molecular complexity index is 1270. The number of aromatic nitrogens is 2. The highest BCUT2D eigenvalue weighted by Gasteiger charge is 2.44. The van der Waals surface area contributed by atoms with E-state index in [4.69, 9.17) is 0 Å². The third-order valence-electron chi connectivity index (χ3n) is 6.23. The van der Waals surface area contributed by atoms with Gasteiger partial charge in [0.05, 0.1) is 34.9 Å². The fourth-order valence-corrected chi connectivity index (χ4v) is 5.46. The lowest BCUT2D eigenvalue weighted by molar-refractivity contribution is -0.134. The fourth-order valence-electron chi connectivity index (χ4n) is 4.83. The van der Waals surface area contributed by atoms with Crippen molar-refractivity contribution < 1.29 is 17.6 Å².